The van der Waals surface area contributed by atoms with E-state index >= 15 is 8.78 Å². The summed E-state index contributed by atoms with van der Waals surface area (Å²) in [5.74, 6) is 0.813. The molecule has 0 atom stereocenters. The highest BCUT2D eigenvalue weighted by molar-refractivity contribution is 5.71. The summed E-state index contributed by atoms with van der Waals surface area (Å²) in [5, 5.41) is 0. The van der Waals surface area contributed by atoms with Crippen molar-refractivity contribution in [3.05, 3.63) is 89.8 Å². The molecule has 2 fully saturated rings. The minimum Gasteiger partial charge on any atom is -0.490 e. The van der Waals surface area contributed by atoms with E-state index in [1.54, 1.807) is 24.3 Å². The fraction of sp³-hybridized carbons (Fsp3) is 0.545. The van der Waals surface area contributed by atoms with E-state index in [1.807, 2.05) is 24.3 Å². The van der Waals surface area contributed by atoms with Crippen LogP contribution in [0.3, 0.4) is 0 Å². The highest BCUT2D eigenvalue weighted by atomic mass is 19.2. The highest BCUT2D eigenvalue weighted by Gasteiger charge is 2.32. The third kappa shape index (κ3) is 9.79. The number of ether oxygens (including phenoxy) is 1. The topological polar surface area (TPSA) is 9.23 Å². The summed E-state index contributed by atoms with van der Waals surface area (Å²) < 4.78 is 51.0. The van der Waals surface area contributed by atoms with Crippen LogP contribution >= 0.6 is 0 Å². The summed E-state index contributed by atoms with van der Waals surface area (Å²) in [6, 6.07) is 16.0. The van der Waals surface area contributed by atoms with Gasteiger partial charge in [0.05, 0.1) is 6.61 Å². The van der Waals surface area contributed by atoms with Crippen LogP contribution in [0, 0.1) is 35.2 Å². The van der Waals surface area contributed by atoms with E-state index in [-0.39, 0.29) is 23.0 Å². The molecule has 0 unspecified atom stereocenters. The minimum absolute atomic E-state index is 0.0405. The predicted molar refractivity (Wildman–Crippen MR) is 195 cm³/mol. The van der Waals surface area contributed by atoms with Crippen LogP contribution in [0.2, 0.25) is 0 Å². The van der Waals surface area contributed by atoms with Crippen LogP contribution < -0.4 is 4.74 Å². The van der Waals surface area contributed by atoms with Gasteiger partial charge >= 0.3 is 0 Å². The van der Waals surface area contributed by atoms with Crippen molar-refractivity contribution in [1.82, 2.24) is 0 Å². The average molecular weight is 659 g/mol. The number of benzene rings is 3. The lowest BCUT2D eigenvalue weighted by Crippen LogP contribution is -2.25. The molecular weight excluding hydrogens is 601 g/mol. The molecule has 1 nitrogen and oxygen atoms in total. The molecular formula is C44H57F3O. The van der Waals surface area contributed by atoms with Crippen LogP contribution in [0.5, 0.6) is 5.75 Å². The van der Waals surface area contributed by atoms with Crippen molar-refractivity contribution in [2.75, 3.05) is 6.61 Å². The maximum Gasteiger partial charge on any atom is 0.201 e. The SMILES string of the molecule is CC=CCCC1CCC(C2CCC(c3ccc(-c4ccc(-c5ccc(OCCCCCCCCC)c(F)c5F)cc4)cc3F)CC2)CC1. The number of hydrogen-bond acceptors (Lipinski definition) is 1. The molecule has 5 rings (SSSR count). The minimum atomic E-state index is -0.950. The Balaban J connectivity index is 1.11. The lowest BCUT2D eigenvalue weighted by Gasteiger charge is -2.38. The van der Waals surface area contributed by atoms with E-state index in [4.69, 9.17) is 4.74 Å². The van der Waals surface area contributed by atoms with Crippen LogP contribution in [0.1, 0.15) is 134 Å². The lowest BCUT2D eigenvalue weighted by atomic mass is 9.68. The molecule has 0 aromatic heterocycles. The number of unbranched alkanes of at least 4 members (excludes halogenated alkanes) is 6. The van der Waals surface area contributed by atoms with Gasteiger partial charge in [-0.15, -0.1) is 0 Å². The fourth-order valence-corrected chi connectivity index (χ4v) is 8.34. The molecule has 0 spiro atoms. The average Bonchev–Trinajstić information content (AvgIpc) is 3.12. The zero-order valence-electron chi connectivity index (χ0n) is 29.4. The van der Waals surface area contributed by atoms with Gasteiger partial charge in [0.1, 0.15) is 5.82 Å². The molecule has 0 heterocycles. The van der Waals surface area contributed by atoms with Crippen molar-refractivity contribution in [3.8, 4) is 28.0 Å². The van der Waals surface area contributed by atoms with E-state index in [2.05, 4.69) is 26.0 Å². The van der Waals surface area contributed by atoms with Gasteiger partial charge in [-0.2, -0.15) is 4.39 Å². The highest BCUT2D eigenvalue weighted by Crippen LogP contribution is 2.45. The van der Waals surface area contributed by atoms with E-state index in [1.165, 1.54) is 83.1 Å². The largest absolute Gasteiger partial charge is 0.490 e. The number of rotatable bonds is 16. The lowest BCUT2D eigenvalue weighted by molar-refractivity contribution is 0.156. The van der Waals surface area contributed by atoms with E-state index in [0.29, 0.717) is 12.2 Å². The molecule has 2 aliphatic rings. The molecule has 3 aromatic carbocycles. The maximum atomic E-state index is 15.5. The van der Waals surface area contributed by atoms with Crippen molar-refractivity contribution >= 4 is 0 Å². The molecule has 2 saturated carbocycles. The normalized spacial score (nSPS) is 21.5. The van der Waals surface area contributed by atoms with Gasteiger partial charge in [-0.25, -0.2) is 8.78 Å². The van der Waals surface area contributed by atoms with Crippen LogP contribution in [-0.2, 0) is 0 Å². The molecule has 0 saturated heterocycles. The van der Waals surface area contributed by atoms with Crippen LogP contribution in [0.4, 0.5) is 13.2 Å². The predicted octanol–water partition coefficient (Wildman–Crippen LogP) is 14.0. The molecule has 0 radical (unpaired) electrons. The van der Waals surface area contributed by atoms with Gasteiger partial charge in [-0.05, 0) is 129 Å². The second-order valence-corrected chi connectivity index (χ2v) is 14.6. The van der Waals surface area contributed by atoms with E-state index < -0.39 is 11.6 Å². The summed E-state index contributed by atoms with van der Waals surface area (Å²) in [7, 11) is 0. The third-order valence-corrected chi connectivity index (χ3v) is 11.3. The first kappa shape index (κ1) is 36.3. The maximum absolute atomic E-state index is 15.5. The summed E-state index contributed by atoms with van der Waals surface area (Å²) in [6.07, 6.45) is 25.1. The molecule has 3 aromatic rings. The Morgan fingerprint density at radius 1 is 0.667 bits per heavy atom. The molecule has 2 aliphatic carbocycles. The molecule has 4 heteroatoms. The Hall–Kier alpha value is -3.01. The van der Waals surface area contributed by atoms with Crippen LogP contribution in [0.25, 0.3) is 22.3 Å². The van der Waals surface area contributed by atoms with Gasteiger partial charge in [0.25, 0.3) is 0 Å². The summed E-state index contributed by atoms with van der Waals surface area (Å²) in [5.41, 5.74) is 3.25. The van der Waals surface area contributed by atoms with Crippen molar-refractivity contribution in [1.29, 1.82) is 0 Å². The second-order valence-electron chi connectivity index (χ2n) is 14.6. The van der Waals surface area contributed by atoms with Gasteiger partial charge in [-0.1, -0.05) is 107 Å². The van der Waals surface area contributed by atoms with Gasteiger partial charge < -0.3 is 4.74 Å². The Morgan fingerprint density at radius 3 is 1.96 bits per heavy atom. The van der Waals surface area contributed by atoms with E-state index in [0.717, 1.165) is 66.5 Å². The monoisotopic (exact) mass is 658 g/mol. The molecule has 0 bridgehead atoms. The number of hydrogen-bond donors (Lipinski definition) is 0. The zero-order chi connectivity index (χ0) is 33.7. The quantitative estimate of drug-likeness (QED) is 0.110. The first-order valence-corrected chi connectivity index (χ1v) is 19.1. The zero-order valence-corrected chi connectivity index (χ0v) is 29.4. The number of halogens is 3. The first-order valence-electron chi connectivity index (χ1n) is 19.1. The Labute approximate surface area is 288 Å². The summed E-state index contributed by atoms with van der Waals surface area (Å²) in [6.45, 7) is 4.69. The van der Waals surface area contributed by atoms with E-state index in [9.17, 15) is 4.39 Å². The van der Waals surface area contributed by atoms with Crippen molar-refractivity contribution in [2.24, 2.45) is 17.8 Å². The van der Waals surface area contributed by atoms with Gasteiger partial charge in [0.15, 0.2) is 11.6 Å². The smallest absolute Gasteiger partial charge is 0.201 e. The third-order valence-electron chi connectivity index (χ3n) is 11.3. The van der Waals surface area contributed by atoms with Crippen molar-refractivity contribution in [2.45, 2.75) is 129 Å². The van der Waals surface area contributed by atoms with Crippen LogP contribution in [-0.4, -0.2) is 6.61 Å². The van der Waals surface area contributed by atoms with Gasteiger partial charge in [0.2, 0.25) is 5.82 Å². The molecule has 0 N–H and O–H groups in total. The Bertz CT molecular complexity index is 1430. The standard InChI is InChI=1S/C44H57F3O/c1-3-5-7-8-9-10-12-30-48-42-29-28-40(43(46)44(42)47)37-24-20-35(21-25-37)38-26-27-39(41(45)31-38)36-22-18-34(19-23-36)33-16-14-32(15-17-33)13-11-6-4-2/h4,6,20-21,24-29,31-34,36H,3,5,7-19,22-23,30H2,1-2H3. The molecule has 48 heavy (non-hydrogen) atoms. The molecule has 0 amide bonds. The van der Waals surface area contributed by atoms with Crippen molar-refractivity contribution < 1.29 is 17.9 Å². The summed E-state index contributed by atoms with van der Waals surface area (Å²) in [4.78, 5) is 0. The Morgan fingerprint density at radius 2 is 1.29 bits per heavy atom. The second kappa shape index (κ2) is 18.7. The van der Waals surface area contributed by atoms with Crippen molar-refractivity contribution in [3.63, 3.8) is 0 Å². The first-order chi connectivity index (χ1) is 23.5. The van der Waals surface area contributed by atoms with Gasteiger partial charge in [-0.3, -0.25) is 0 Å². The molecule has 260 valence electrons. The Kier molecular flexibility index (Phi) is 14.1. The summed E-state index contributed by atoms with van der Waals surface area (Å²) >= 11 is 0. The molecule has 0 aliphatic heterocycles. The number of allylic oxidation sites excluding steroid dienone is 2. The fourth-order valence-electron chi connectivity index (χ4n) is 8.34. The van der Waals surface area contributed by atoms with Crippen LogP contribution in [0.15, 0.2) is 66.7 Å². The van der Waals surface area contributed by atoms with Gasteiger partial charge in [0, 0.05) is 5.56 Å².